The molecule has 0 aliphatic heterocycles. The van der Waals surface area contributed by atoms with Crippen molar-refractivity contribution in [3.63, 3.8) is 0 Å². The molecular weight excluding hydrogens is 435 g/mol. The van der Waals surface area contributed by atoms with Gasteiger partial charge in [0.15, 0.2) is 17.5 Å². The highest BCUT2D eigenvalue weighted by Crippen LogP contribution is 2.19. The van der Waals surface area contributed by atoms with Gasteiger partial charge in [0.2, 0.25) is 11.8 Å². The van der Waals surface area contributed by atoms with E-state index in [0.29, 0.717) is 12.5 Å². The Bertz CT molecular complexity index is 972. The lowest BCUT2D eigenvalue weighted by molar-refractivity contribution is -0.134. The van der Waals surface area contributed by atoms with E-state index in [2.05, 4.69) is 10.6 Å². The Morgan fingerprint density at radius 3 is 2.42 bits per heavy atom. The quantitative estimate of drug-likeness (QED) is 0.565. The summed E-state index contributed by atoms with van der Waals surface area (Å²) in [4.78, 5) is 38.0. The summed E-state index contributed by atoms with van der Waals surface area (Å²) >= 11 is 5.95. The monoisotopic (exact) mass is 455 g/mol. The number of anilines is 1. The zero-order valence-electron chi connectivity index (χ0n) is 16.7. The van der Waals surface area contributed by atoms with Crippen LogP contribution in [0.15, 0.2) is 36.4 Å². The molecule has 2 aromatic carbocycles. The zero-order chi connectivity index (χ0) is 23.0. The normalized spacial score (nSPS) is 10.5. The van der Waals surface area contributed by atoms with Crippen molar-refractivity contribution in [3.05, 3.63) is 64.4 Å². The number of carbonyl (C=O) groups is 3. The summed E-state index contributed by atoms with van der Waals surface area (Å²) in [6.45, 7) is 1.64. The second kappa shape index (κ2) is 11.4. The number of nitrogens with zero attached hydrogens (tertiary/aromatic N) is 1. The lowest BCUT2D eigenvalue weighted by Crippen LogP contribution is -2.40. The Hall–Kier alpha value is -3.07. The maximum Gasteiger partial charge on any atom is 0.252 e. The Balaban J connectivity index is 1.91. The third-order valence-electron chi connectivity index (χ3n) is 4.23. The van der Waals surface area contributed by atoms with E-state index in [4.69, 9.17) is 11.6 Å². The summed E-state index contributed by atoms with van der Waals surface area (Å²) in [6.07, 6.45) is 0.466. The summed E-state index contributed by atoms with van der Waals surface area (Å²) in [5.74, 6) is -6.23. The van der Waals surface area contributed by atoms with E-state index in [1.165, 1.54) is 4.90 Å². The highest BCUT2D eigenvalue weighted by Gasteiger charge is 2.20. The molecule has 0 atom stereocenters. The Morgan fingerprint density at radius 2 is 1.74 bits per heavy atom. The van der Waals surface area contributed by atoms with Crippen molar-refractivity contribution in [2.45, 2.75) is 19.8 Å². The number of amides is 3. The van der Waals surface area contributed by atoms with Gasteiger partial charge in [-0.25, -0.2) is 13.2 Å². The molecule has 0 aromatic heterocycles. The fourth-order valence-corrected chi connectivity index (χ4v) is 2.95. The second-order valence-electron chi connectivity index (χ2n) is 6.57. The Kier molecular flexibility index (Phi) is 8.87. The molecule has 2 rings (SSSR count). The van der Waals surface area contributed by atoms with Gasteiger partial charge in [-0.1, -0.05) is 30.7 Å². The average Bonchev–Trinajstić information content (AvgIpc) is 2.74. The summed E-state index contributed by atoms with van der Waals surface area (Å²) in [7, 11) is 0. The van der Waals surface area contributed by atoms with Crippen LogP contribution in [0.25, 0.3) is 0 Å². The first-order chi connectivity index (χ1) is 14.7. The van der Waals surface area contributed by atoms with E-state index < -0.39 is 47.4 Å². The summed E-state index contributed by atoms with van der Waals surface area (Å²) < 4.78 is 40.0. The first-order valence-electron chi connectivity index (χ1n) is 9.48. The number of carbonyl (C=O) groups excluding carboxylic acids is 3. The molecule has 0 saturated carbocycles. The average molecular weight is 456 g/mol. The van der Waals surface area contributed by atoms with Crippen LogP contribution in [0.5, 0.6) is 0 Å². The predicted molar refractivity (Wildman–Crippen MR) is 110 cm³/mol. The lowest BCUT2D eigenvalue weighted by atomic mass is 10.2. The largest absolute Gasteiger partial charge is 0.351 e. The third-order valence-corrected chi connectivity index (χ3v) is 4.56. The minimum absolute atomic E-state index is 0.0164. The molecule has 0 bridgehead atoms. The van der Waals surface area contributed by atoms with Gasteiger partial charge in [0.1, 0.15) is 0 Å². The molecule has 0 aliphatic rings. The number of rotatable bonds is 9. The van der Waals surface area contributed by atoms with Crippen molar-refractivity contribution in [1.29, 1.82) is 0 Å². The first kappa shape index (κ1) is 24.2. The van der Waals surface area contributed by atoms with Gasteiger partial charge >= 0.3 is 0 Å². The molecule has 0 aliphatic carbocycles. The van der Waals surface area contributed by atoms with E-state index in [0.717, 1.165) is 6.07 Å². The van der Waals surface area contributed by atoms with E-state index in [1.807, 2.05) is 0 Å². The molecule has 31 heavy (non-hydrogen) atoms. The smallest absolute Gasteiger partial charge is 0.252 e. The van der Waals surface area contributed by atoms with Crippen molar-refractivity contribution >= 4 is 35.0 Å². The van der Waals surface area contributed by atoms with Gasteiger partial charge in [-0.05, 0) is 30.7 Å². The van der Waals surface area contributed by atoms with Crippen molar-refractivity contribution in [3.8, 4) is 0 Å². The first-order valence-corrected chi connectivity index (χ1v) is 9.86. The van der Waals surface area contributed by atoms with Crippen LogP contribution < -0.4 is 10.6 Å². The number of benzene rings is 2. The molecule has 0 spiro atoms. The SMILES string of the molecule is CCCN(CC(=O)Nc1ccc(F)c(F)c1F)C(=O)CCNC(=O)c1ccccc1Cl. The van der Waals surface area contributed by atoms with Gasteiger partial charge in [0, 0.05) is 19.5 Å². The minimum Gasteiger partial charge on any atom is -0.351 e. The fraction of sp³-hybridized carbons (Fsp3) is 0.286. The van der Waals surface area contributed by atoms with Crippen molar-refractivity contribution in [2.75, 3.05) is 25.0 Å². The molecule has 2 N–H and O–H groups in total. The minimum atomic E-state index is -1.70. The molecule has 0 unspecified atom stereocenters. The highest BCUT2D eigenvalue weighted by molar-refractivity contribution is 6.33. The molecular formula is C21H21ClF3N3O3. The fourth-order valence-electron chi connectivity index (χ4n) is 2.73. The van der Waals surface area contributed by atoms with Crippen LogP contribution >= 0.6 is 11.6 Å². The third kappa shape index (κ3) is 6.71. The van der Waals surface area contributed by atoms with Crippen LogP contribution in [-0.4, -0.2) is 42.3 Å². The zero-order valence-corrected chi connectivity index (χ0v) is 17.4. The predicted octanol–water partition coefficient (Wildman–Crippen LogP) is 3.75. The van der Waals surface area contributed by atoms with Crippen LogP contribution in [0, 0.1) is 17.5 Å². The molecule has 0 fully saturated rings. The van der Waals surface area contributed by atoms with Gasteiger partial charge in [0.05, 0.1) is 22.8 Å². The van der Waals surface area contributed by atoms with Gasteiger partial charge in [-0.15, -0.1) is 0 Å². The summed E-state index contributed by atoms with van der Waals surface area (Å²) in [6, 6.07) is 8.03. The van der Waals surface area contributed by atoms with Crippen LogP contribution in [0.2, 0.25) is 5.02 Å². The van der Waals surface area contributed by atoms with Gasteiger partial charge < -0.3 is 15.5 Å². The molecule has 0 heterocycles. The van der Waals surface area contributed by atoms with Crippen molar-refractivity contribution in [2.24, 2.45) is 0 Å². The summed E-state index contributed by atoms with van der Waals surface area (Å²) in [5, 5.41) is 4.98. The molecule has 166 valence electrons. The van der Waals surface area contributed by atoms with Gasteiger partial charge in [-0.3, -0.25) is 14.4 Å². The summed E-state index contributed by atoms with van der Waals surface area (Å²) in [5.41, 5.74) is -0.255. The van der Waals surface area contributed by atoms with E-state index in [-0.39, 0.29) is 30.1 Å². The number of halogens is 4. The van der Waals surface area contributed by atoms with Crippen LogP contribution in [0.3, 0.4) is 0 Å². The standard InChI is InChI=1S/C21H21ClF3N3O3/c1-2-11-28(12-17(29)27-16-8-7-15(23)19(24)20(16)25)18(30)9-10-26-21(31)13-5-3-4-6-14(13)22/h3-8H,2,9-12H2,1H3,(H,26,31)(H,27,29). The molecule has 2 aromatic rings. The molecule has 10 heteroatoms. The van der Waals surface area contributed by atoms with Crippen LogP contribution in [0.4, 0.5) is 18.9 Å². The molecule has 0 radical (unpaired) electrons. The number of nitrogens with one attached hydrogen (secondary N) is 2. The van der Waals surface area contributed by atoms with Crippen LogP contribution in [-0.2, 0) is 9.59 Å². The van der Waals surface area contributed by atoms with E-state index in [1.54, 1.807) is 31.2 Å². The molecule has 3 amide bonds. The highest BCUT2D eigenvalue weighted by atomic mass is 35.5. The van der Waals surface area contributed by atoms with E-state index in [9.17, 15) is 27.6 Å². The van der Waals surface area contributed by atoms with Crippen molar-refractivity contribution < 1.29 is 27.6 Å². The lowest BCUT2D eigenvalue weighted by Gasteiger charge is -2.22. The molecule has 0 saturated heterocycles. The van der Waals surface area contributed by atoms with Gasteiger partial charge in [-0.2, -0.15) is 0 Å². The van der Waals surface area contributed by atoms with Crippen LogP contribution in [0.1, 0.15) is 30.1 Å². The molecule has 6 nitrogen and oxygen atoms in total. The number of hydrogen-bond acceptors (Lipinski definition) is 3. The topological polar surface area (TPSA) is 78.5 Å². The van der Waals surface area contributed by atoms with Gasteiger partial charge in [0.25, 0.3) is 5.91 Å². The second-order valence-corrected chi connectivity index (χ2v) is 6.98. The Morgan fingerprint density at radius 1 is 1.03 bits per heavy atom. The van der Waals surface area contributed by atoms with E-state index >= 15 is 0 Å². The van der Waals surface area contributed by atoms with Crippen molar-refractivity contribution in [1.82, 2.24) is 10.2 Å². The maximum absolute atomic E-state index is 13.7. The number of hydrogen-bond donors (Lipinski definition) is 2. The Labute approximate surface area is 182 Å². The maximum atomic E-state index is 13.7.